The lowest BCUT2D eigenvalue weighted by atomic mass is 10.2. The van der Waals surface area contributed by atoms with Crippen molar-refractivity contribution < 1.29 is 9.21 Å². The number of H-pyrrole nitrogens is 1. The van der Waals surface area contributed by atoms with Crippen molar-refractivity contribution in [3.8, 4) is 17.1 Å². The molecular formula is C15H12BrN3O2S. The first-order valence-electron chi connectivity index (χ1n) is 6.48. The number of rotatable bonds is 3. The SMILES string of the molecule is CC(=O)Nc1cccc(-n2cc(-c3ccc(Br)o3)[nH]c2=S)c1. The van der Waals surface area contributed by atoms with E-state index in [1.165, 1.54) is 6.92 Å². The van der Waals surface area contributed by atoms with Crippen molar-refractivity contribution in [2.75, 3.05) is 5.32 Å². The Labute approximate surface area is 140 Å². The molecule has 2 N–H and O–H groups in total. The van der Waals surface area contributed by atoms with Gasteiger partial charge in [0.1, 0.15) is 5.69 Å². The number of nitrogens with zero attached hydrogens (tertiary/aromatic N) is 1. The molecule has 112 valence electrons. The zero-order valence-corrected chi connectivity index (χ0v) is 14.0. The van der Waals surface area contributed by atoms with Crippen LogP contribution < -0.4 is 5.32 Å². The van der Waals surface area contributed by atoms with Crippen LogP contribution in [-0.4, -0.2) is 15.5 Å². The summed E-state index contributed by atoms with van der Waals surface area (Å²) in [6, 6.07) is 11.1. The van der Waals surface area contributed by atoms with E-state index >= 15 is 0 Å². The first kappa shape index (κ1) is 14.8. The highest BCUT2D eigenvalue weighted by Crippen LogP contribution is 2.25. The van der Waals surface area contributed by atoms with E-state index in [-0.39, 0.29) is 5.91 Å². The van der Waals surface area contributed by atoms with Crippen molar-refractivity contribution in [3.63, 3.8) is 0 Å². The summed E-state index contributed by atoms with van der Waals surface area (Å²) in [6.45, 7) is 1.47. The Hall–Kier alpha value is -2.12. The summed E-state index contributed by atoms with van der Waals surface area (Å²) in [7, 11) is 0. The number of aromatic nitrogens is 2. The third-order valence-corrected chi connectivity index (χ3v) is 3.73. The molecular weight excluding hydrogens is 366 g/mol. The fourth-order valence-electron chi connectivity index (χ4n) is 2.11. The van der Waals surface area contributed by atoms with Crippen LogP contribution in [0.1, 0.15) is 6.92 Å². The van der Waals surface area contributed by atoms with Crippen molar-refractivity contribution in [1.29, 1.82) is 0 Å². The Morgan fingerprint density at radius 1 is 1.36 bits per heavy atom. The minimum Gasteiger partial charge on any atom is -0.448 e. The van der Waals surface area contributed by atoms with Crippen molar-refractivity contribution in [1.82, 2.24) is 9.55 Å². The van der Waals surface area contributed by atoms with Gasteiger partial charge in [0.15, 0.2) is 15.2 Å². The van der Waals surface area contributed by atoms with Gasteiger partial charge in [-0.3, -0.25) is 9.36 Å². The maximum absolute atomic E-state index is 11.2. The number of nitrogens with one attached hydrogen (secondary N) is 2. The van der Waals surface area contributed by atoms with Gasteiger partial charge in [-0.15, -0.1) is 0 Å². The lowest BCUT2D eigenvalue weighted by Crippen LogP contribution is -2.06. The van der Waals surface area contributed by atoms with Crippen LogP contribution in [0.2, 0.25) is 0 Å². The molecule has 0 aliphatic rings. The molecule has 0 saturated heterocycles. The van der Waals surface area contributed by atoms with Crippen molar-refractivity contribution in [2.24, 2.45) is 0 Å². The van der Waals surface area contributed by atoms with Crippen LogP contribution >= 0.6 is 28.1 Å². The van der Waals surface area contributed by atoms with E-state index in [1.807, 2.05) is 47.2 Å². The second-order valence-electron chi connectivity index (χ2n) is 4.68. The van der Waals surface area contributed by atoms with Gasteiger partial charge >= 0.3 is 0 Å². The van der Waals surface area contributed by atoms with Crippen LogP contribution in [0.5, 0.6) is 0 Å². The van der Waals surface area contributed by atoms with E-state index in [9.17, 15) is 4.79 Å². The highest BCUT2D eigenvalue weighted by Gasteiger charge is 2.09. The molecule has 0 bridgehead atoms. The summed E-state index contributed by atoms with van der Waals surface area (Å²) >= 11 is 8.64. The van der Waals surface area contributed by atoms with Crippen LogP contribution in [0.4, 0.5) is 5.69 Å². The van der Waals surface area contributed by atoms with Crippen LogP contribution in [0.25, 0.3) is 17.1 Å². The second-order valence-corrected chi connectivity index (χ2v) is 5.85. The van der Waals surface area contributed by atoms with Crippen molar-refractivity contribution in [2.45, 2.75) is 6.92 Å². The van der Waals surface area contributed by atoms with Gasteiger partial charge in [-0.2, -0.15) is 0 Å². The number of furan rings is 1. The summed E-state index contributed by atoms with van der Waals surface area (Å²) in [5.74, 6) is 0.575. The Bertz CT molecular complexity index is 894. The molecule has 3 rings (SSSR count). The van der Waals surface area contributed by atoms with Gasteiger partial charge in [0.05, 0.1) is 0 Å². The first-order valence-corrected chi connectivity index (χ1v) is 7.68. The monoisotopic (exact) mass is 377 g/mol. The van der Waals surface area contributed by atoms with Gasteiger partial charge in [-0.25, -0.2) is 0 Å². The summed E-state index contributed by atoms with van der Waals surface area (Å²) in [6.07, 6.45) is 1.86. The number of hydrogen-bond acceptors (Lipinski definition) is 3. The highest BCUT2D eigenvalue weighted by molar-refractivity contribution is 9.10. The Morgan fingerprint density at radius 2 is 2.18 bits per heavy atom. The zero-order chi connectivity index (χ0) is 15.7. The summed E-state index contributed by atoms with van der Waals surface area (Å²) in [5, 5.41) is 2.76. The molecule has 0 spiro atoms. The normalized spacial score (nSPS) is 10.6. The smallest absolute Gasteiger partial charge is 0.221 e. The van der Waals surface area contributed by atoms with E-state index in [4.69, 9.17) is 16.6 Å². The Morgan fingerprint density at radius 3 is 2.86 bits per heavy atom. The minimum absolute atomic E-state index is 0.115. The fourth-order valence-corrected chi connectivity index (χ4v) is 2.68. The van der Waals surface area contributed by atoms with E-state index in [2.05, 4.69) is 26.2 Å². The number of benzene rings is 1. The molecule has 0 fully saturated rings. The maximum atomic E-state index is 11.2. The molecule has 0 aliphatic heterocycles. The fraction of sp³-hybridized carbons (Fsp3) is 0.0667. The second kappa shape index (κ2) is 5.94. The minimum atomic E-state index is -0.115. The van der Waals surface area contributed by atoms with Gasteiger partial charge in [0.2, 0.25) is 5.91 Å². The molecule has 1 aromatic carbocycles. The average Bonchev–Trinajstić information content (AvgIpc) is 3.04. The number of carbonyl (C=O) groups excluding carboxylic acids is 1. The van der Waals surface area contributed by atoms with Crippen LogP contribution in [-0.2, 0) is 4.79 Å². The van der Waals surface area contributed by atoms with E-state index in [1.54, 1.807) is 0 Å². The maximum Gasteiger partial charge on any atom is 0.221 e. The van der Waals surface area contributed by atoms with Crippen molar-refractivity contribution >= 4 is 39.7 Å². The molecule has 5 nitrogen and oxygen atoms in total. The molecule has 3 aromatic rings. The lowest BCUT2D eigenvalue weighted by Gasteiger charge is -2.06. The Balaban J connectivity index is 2.00. The molecule has 0 atom stereocenters. The number of anilines is 1. The third-order valence-electron chi connectivity index (χ3n) is 3.00. The average molecular weight is 378 g/mol. The van der Waals surface area contributed by atoms with Gasteiger partial charge in [-0.05, 0) is 58.5 Å². The van der Waals surface area contributed by atoms with Crippen LogP contribution in [0.15, 0.2) is 51.7 Å². The molecule has 2 heterocycles. The lowest BCUT2D eigenvalue weighted by molar-refractivity contribution is -0.114. The Kier molecular flexibility index (Phi) is 4.00. The predicted molar refractivity (Wildman–Crippen MR) is 90.7 cm³/mol. The number of amides is 1. The molecule has 0 radical (unpaired) electrons. The number of halogens is 1. The third kappa shape index (κ3) is 3.05. The van der Waals surface area contributed by atoms with Gasteiger partial charge < -0.3 is 14.7 Å². The highest BCUT2D eigenvalue weighted by atomic mass is 79.9. The summed E-state index contributed by atoms with van der Waals surface area (Å²) < 4.78 is 8.54. The first-order chi connectivity index (χ1) is 10.5. The molecule has 0 saturated carbocycles. The summed E-state index contributed by atoms with van der Waals surface area (Å²) in [4.78, 5) is 14.3. The largest absolute Gasteiger partial charge is 0.448 e. The van der Waals surface area contributed by atoms with Crippen molar-refractivity contribution in [3.05, 3.63) is 52.0 Å². The van der Waals surface area contributed by atoms with Gasteiger partial charge in [0, 0.05) is 24.5 Å². The number of aromatic amines is 1. The van der Waals surface area contributed by atoms with Gasteiger partial charge in [0.25, 0.3) is 0 Å². The molecule has 2 aromatic heterocycles. The van der Waals surface area contributed by atoms with E-state index in [0.717, 1.165) is 17.1 Å². The number of imidazole rings is 1. The van der Waals surface area contributed by atoms with E-state index < -0.39 is 0 Å². The topological polar surface area (TPSA) is 63.0 Å². The summed E-state index contributed by atoms with van der Waals surface area (Å²) in [5.41, 5.74) is 2.35. The van der Waals surface area contributed by atoms with Crippen LogP contribution in [0, 0.1) is 4.77 Å². The van der Waals surface area contributed by atoms with Crippen LogP contribution in [0.3, 0.4) is 0 Å². The molecule has 0 aliphatic carbocycles. The molecule has 1 amide bonds. The van der Waals surface area contributed by atoms with E-state index in [0.29, 0.717) is 15.2 Å². The number of hydrogen-bond donors (Lipinski definition) is 2. The quantitative estimate of drug-likeness (QED) is 0.659. The zero-order valence-electron chi connectivity index (χ0n) is 11.6. The molecule has 0 unspecified atom stereocenters. The standard InChI is InChI=1S/C15H12BrN3O2S/c1-9(20)17-10-3-2-4-11(7-10)19-8-12(18-15(19)22)13-5-6-14(16)21-13/h2-8H,1H3,(H,17,20)(H,18,22). The molecule has 7 heteroatoms. The molecule has 22 heavy (non-hydrogen) atoms. The predicted octanol–water partition coefficient (Wildman–Crippen LogP) is 4.52. The van der Waals surface area contributed by atoms with Gasteiger partial charge in [-0.1, -0.05) is 6.07 Å². The number of carbonyl (C=O) groups is 1.